The van der Waals surface area contributed by atoms with E-state index in [-0.39, 0.29) is 13.0 Å². The van der Waals surface area contributed by atoms with E-state index < -0.39 is 63.1 Å². The molecule has 378 valence electrons. The molecule has 6 atom stereocenters. The van der Waals surface area contributed by atoms with Crippen molar-refractivity contribution in [1.82, 2.24) is 0 Å². The molecule has 6 N–H and O–H groups in total. The van der Waals surface area contributed by atoms with Gasteiger partial charge in [-0.3, -0.25) is 13.8 Å². The van der Waals surface area contributed by atoms with Gasteiger partial charge in [-0.2, -0.15) is 0 Å². The Morgan fingerprint density at radius 2 is 0.848 bits per heavy atom. The van der Waals surface area contributed by atoms with Crippen LogP contribution in [0, 0.1) is 0 Å². The summed E-state index contributed by atoms with van der Waals surface area (Å²) in [6, 6.07) is 0. The maximum absolute atomic E-state index is 12.9. The molecule has 0 aromatic carbocycles. The van der Waals surface area contributed by atoms with Gasteiger partial charge in [0.1, 0.15) is 42.7 Å². The minimum Gasteiger partial charge on any atom is -0.457 e. The van der Waals surface area contributed by atoms with Crippen LogP contribution in [0.2, 0.25) is 0 Å². The zero-order valence-corrected chi connectivity index (χ0v) is 41.3. The third kappa shape index (κ3) is 33.7. The maximum atomic E-state index is 12.9. The van der Waals surface area contributed by atoms with Gasteiger partial charge in [-0.15, -0.1) is 0 Å². The van der Waals surface area contributed by atoms with Crippen molar-refractivity contribution in [3.05, 3.63) is 97.2 Å². The minimum absolute atomic E-state index is 0.0974. The maximum Gasteiger partial charge on any atom is 0.472 e. The molecule has 12 nitrogen and oxygen atoms in total. The summed E-state index contributed by atoms with van der Waals surface area (Å²) < 4.78 is 34.3. The molecule has 0 aromatic rings. The fourth-order valence-corrected chi connectivity index (χ4v) is 8.02. The predicted octanol–water partition coefficient (Wildman–Crippen LogP) is 11.1. The smallest absolute Gasteiger partial charge is 0.457 e. The van der Waals surface area contributed by atoms with Crippen LogP contribution < -0.4 is 0 Å². The van der Waals surface area contributed by atoms with Gasteiger partial charge in [0.15, 0.2) is 0 Å². The van der Waals surface area contributed by atoms with E-state index in [2.05, 4.69) is 111 Å². The van der Waals surface area contributed by atoms with Crippen LogP contribution in [0.25, 0.3) is 0 Å². The van der Waals surface area contributed by atoms with Crippen LogP contribution in [-0.4, -0.2) is 98.9 Å². The number of phosphoric ester groups is 1. The highest BCUT2D eigenvalue weighted by atomic mass is 31.2. The second-order valence-electron chi connectivity index (χ2n) is 16.9. The van der Waals surface area contributed by atoms with Crippen molar-refractivity contribution in [2.75, 3.05) is 19.8 Å². The Morgan fingerprint density at radius 1 is 0.485 bits per heavy atom. The molecule has 1 aliphatic carbocycles. The number of aliphatic hydroxyl groups is 5. The molecule has 0 aliphatic heterocycles. The fourth-order valence-electron chi connectivity index (χ4n) is 7.04. The second kappa shape index (κ2) is 42.4. The van der Waals surface area contributed by atoms with Gasteiger partial charge >= 0.3 is 13.8 Å². The summed E-state index contributed by atoms with van der Waals surface area (Å²) >= 11 is 0. The van der Waals surface area contributed by atoms with Gasteiger partial charge < -0.3 is 39.9 Å². The minimum atomic E-state index is -5.04. The zero-order valence-electron chi connectivity index (χ0n) is 40.5. The molecule has 13 heteroatoms. The standard InChI is InChI=1S/C53H89O12P/c1-3-5-7-9-11-13-15-17-19-21-22-23-24-25-27-29-31-33-35-37-39-41-43-62-44-46(45-63-66(60,61)65-53-51(58)49(56)48(55)50(57)52(53)59)64-47(54)42-40-38-36-34-32-30-28-26-20-18-16-14-12-10-8-6-4-2/h5-8,11-14,17-20,22-23,25,27,46,48-53,55-59H,3-4,9-10,15-16,21,24,26,28-45H2,1-2H3,(H,60,61)/b7-5-,8-6-,13-11-,14-12-,19-17-,20-18-,23-22-,27-25-. The first kappa shape index (κ1) is 61.3. The van der Waals surface area contributed by atoms with Crippen LogP contribution in [-0.2, 0) is 27.9 Å². The van der Waals surface area contributed by atoms with Gasteiger partial charge in [0.05, 0.1) is 13.2 Å². The molecule has 66 heavy (non-hydrogen) atoms. The number of carbonyl (C=O) groups is 1. The fraction of sp³-hybridized carbons (Fsp3) is 0.679. The van der Waals surface area contributed by atoms with Crippen molar-refractivity contribution >= 4 is 13.8 Å². The molecule has 0 saturated heterocycles. The van der Waals surface area contributed by atoms with Crippen molar-refractivity contribution in [1.29, 1.82) is 0 Å². The summed E-state index contributed by atoms with van der Waals surface area (Å²) in [6.07, 6.45) is 46.1. The van der Waals surface area contributed by atoms with Crippen LogP contribution in [0.5, 0.6) is 0 Å². The van der Waals surface area contributed by atoms with Crippen LogP contribution in [0.4, 0.5) is 0 Å². The first-order valence-corrected chi connectivity index (χ1v) is 26.6. The summed E-state index contributed by atoms with van der Waals surface area (Å²) in [4.78, 5) is 23.2. The Kier molecular flexibility index (Phi) is 39.3. The number of hydrogen-bond donors (Lipinski definition) is 6. The average Bonchev–Trinajstić information content (AvgIpc) is 3.30. The molecule has 6 unspecified atom stereocenters. The molecule has 0 bridgehead atoms. The highest BCUT2D eigenvalue weighted by Crippen LogP contribution is 2.47. The Labute approximate surface area is 398 Å². The van der Waals surface area contributed by atoms with Crippen molar-refractivity contribution in [3.63, 3.8) is 0 Å². The lowest BCUT2D eigenvalue weighted by atomic mass is 9.85. The van der Waals surface area contributed by atoms with E-state index in [0.29, 0.717) is 13.0 Å². The number of phosphoric acid groups is 1. The highest BCUT2D eigenvalue weighted by Gasteiger charge is 2.51. The quantitative estimate of drug-likeness (QED) is 0.0147. The summed E-state index contributed by atoms with van der Waals surface area (Å²) in [7, 11) is -5.04. The highest BCUT2D eigenvalue weighted by molar-refractivity contribution is 7.47. The van der Waals surface area contributed by atoms with E-state index in [1.807, 2.05) is 0 Å². The van der Waals surface area contributed by atoms with Gasteiger partial charge in [-0.25, -0.2) is 4.57 Å². The van der Waals surface area contributed by atoms with E-state index in [9.17, 15) is 39.8 Å². The molecular formula is C53H89O12P. The average molecular weight is 949 g/mol. The second-order valence-corrected chi connectivity index (χ2v) is 18.3. The first-order chi connectivity index (χ1) is 32.0. The number of carbonyl (C=O) groups excluding carboxylic acids is 1. The van der Waals surface area contributed by atoms with Gasteiger partial charge in [0.25, 0.3) is 0 Å². The molecule has 1 aliphatic rings. The molecule has 1 fully saturated rings. The van der Waals surface area contributed by atoms with Crippen LogP contribution in [0.15, 0.2) is 97.2 Å². The monoisotopic (exact) mass is 949 g/mol. The first-order valence-electron chi connectivity index (χ1n) is 25.1. The van der Waals surface area contributed by atoms with E-state index >= 15 is 0 Å². The summed E-state index contributed by atoms with van der Waals surface area (Å²) in [6.45, 7) is 3.98. The number of ether oxygens (including phenoxy) is 2. The van der Waals surface area contributed by atoms with E-state index in [1.165, 1.54) is 6.42 Å². The summed E-state index contributed by atoms with van der Waals surface area (Å²) in [5.74, 6) is -0.497. The van der Waals surface area contributed by atoms with Gasteiger partial charge in [-0.05, 0) is 89.9 Å². The Balaban J connectivity index is 2.38. The SMILES string of the molecule is CC/C=C\C/C=C\C/C=C\C/C=C\C/C=C\CCCCCCCCOCC(COP(=O)(O)OC1C(O)C(O)C(O)C(O)C1O)OC(=O)CCCCCCCCC/C=C\C/C=C\C/C=C\CC. The molecule has 1 rings (SSSR count). The number of hydrogen-bond acceptors (Lipinski definition) is 11. The largest absolute Gasteiger partial charge is 0.472 e. The van der Waals surface area contributed by atoms with Crippen molar-refractivity contribution in [3.8, 4) is 0 Å². The Bertz CT molecular complexity index is 1450. The molecule has 1 saturated carbocycles. The predicted molar refractivity (Wildman–Crippen MR) is 267 cm³/mol. The molecular weight excluding hydrogens is 860 g/mol. The number of unbranched alkanes of at least 4 members (excludes halogenated alkanes) is 13. The molecule has 0 spiro atoms. The van der Waals surface area contributed by atoms with Crippen molar-refractivity contribution < 1.29 is 58.3 Å². The van der Waals surface area contributed by atoms with Crippen LogP contribution in [0.3, 0.4) is 0 Å². The number of rotatable bonds is 41. The number of allylic oxidation sites excluding steroid dienone is 16. The number of esters is 1. The van der Waals surface area contributed by atoms with E-state index in [0.717, 1.165) is 135 Å². The topological polar surface area (TPSA) is 192 Å². The van der Waals surface area contributed by atoms with Gasteiger partial charge in [0, 0.05) is 13.0 Å². The number of aliphatic hydroxyl groups excluding tert-OH is 5. The van der Waals surface area contributed by atoms with Crippen LogP contribution in [0.1, 0.15) is 168 Å². The summed E-state index contributed by atoms with van der Waals surface area (Å²) in [5.41, 5.74) is 0. The lowest BCUT2D eigenvalue weighted by Gasteiger charge is -2.41. The third-order valence-electron chi connectivity index (χ3n) is 11.0. The lowest BCUT2D eigenvalue weighted by molar-refractivity contribution is -0.220. The van der Waals surface area contributed by atoms with Crippen LogP contribution >= 0.6 is 7.82 Å². The molecule has 0 radical (unpaired) electrons. The van der Waals surface area contributed by atoms with Gasteiger partial charge in [0.2, 0.25) is 0 Å². The Morgan fingerprint density at radius 3 is 1.29 bits per heavy atom. The lowest BCUT2D eigenvalue weighted by Crippen LogP contribution is -2.64. The normalized spacial score (nSPS) is 22.2. The van der Waals surface area contributed by atoms with E-state index in [4.69, 9.17) is 18.5 Å². The molecule has 0 amide bonds. The van der Waals surface area contributed by atoms with Gasteiger partial charge in [-0.1, -0.05) is 169 Å². The summed E-state index contributed by atoms with van der Waals surface area (Å²) in [5, 5.41) is 50.3. The van der Waals surface area contributed by atoms with Crippen molar-refractivity contribution in [2.24, 2.45) is 0 Å². The Hall–Kier alpha value is -2.74. The molecule has 0 aromatic heterocycles. The zero-order chi connectivity index (χ0) is 48.4. The molecule has 0 heterocycles. The third-order valence-corrected chi connectivity index (χ3v) is 11.9. The van der Waals surface area contributed by atoms with Crippen molar-refractivity contribution in [2.45, 2.75) is 211 Å². The van der Waals surface area contributed by atoms with E-state index in [1.54, 1.807) is 0 Å².